The number of benzene rings is 5. The Morgan fingerprint density at radius 2 is 0.833 bits per heavy atom. The zero-order valence-electron chi connectivity index (χ0n) is 31.4. The smallest absolute Gasteiger partial charge is 0.338 e. The molecule has 0 atom stereocenters. The summed E-state index contributed by atoms with van der Waals surface area (Å²) in [6.45, 7) is 5.31. The summed E-state index contributed by atoms with van der Waals surface area (Å²) in [6.07, 6.45) is 13.8. The second-order valence-corrected chi connectivity index (χ2v) is 16.2. The first-order chi connectivity index (χ1) is 26.3. The van der Waals surface area contributed by atoms with Crippen LogP contribution in [0.4, 0.5) is 0 Å². The van der Waals surface area contributed by atoms with Crippen LogP contribution in [0.15, 0.2) is 84.9 Å². The van der Waals surface area contributed by atoms with Gasteiger partial charge in [-0.1, -0.05) is 114 Å². The SMILES string of the molecule is CCCCCCCCOC(=O)c1cc(I)cc(C#Cc2ccc3cc4ccc(C#Cc5cc(I)cc(C(=O)OCCCCCCCC)c5)cc4cc3c2)c1. The van der Waals surface area contributed by atoms with Gasteiger partial charge in [0.1, 0.15) is 0 Å². The van der Waals surface area contributed by atoms with E-state index in [-0.39, 0.29) is 11.9 Å². The minimum absolute atomic E-state index is 0.297. The van der Waals surface area contributed by atoms with Gasteiger partial charge in [-0.15, -0.1) is 0 Å². The second-order valence-electron chi connectivity index (χ2n) is 13.7. The molecule has 0 amide bonds. The van der Waals surface area contributed by atoms with E-state index in [1.165, 1.54) is 51.4 Å². The minimum atomic E-state index is -0.297. The fraction of sp³-hybridized carbons (Fsp3) is 0.333. The van der Waals surface area contributed by atoms with Crippen molar-refractivity contribution < 1.29 is 19.1 Å². The summed E-state index contributed by atoms with van der Waals surface area (Å²) < 4.78 is 13.0. The Morgan fingerprint density at radius 1 is 0.444 bits per heavy atom. The zero-order valence-corrected chi connectivity index (χ0v) is 35.7. The summed E-state index contributed by atoms with van der Waals surface area (Å²) in [4.78, 5) is 25.5. The minimum Gasteiger partial charge on any atom is -0.462 e. The molecule has 5 rings (SSSR count). The topological polar surface area (TPSA) is 52.6 Å². The van der Waals surface area contributed by atoms with Gasteiger partial charge in [0, 0.05) is 29.4 Å². The molecule has 0 saturated carbocycles. The van der Waals surface area contributed by atoms with Crippen molar-refractivity contribution >= 4 is 78.7 Å². The van der Waals surface area contributed by atoms with Crippen LogP contribution < -0.4 is 0 Å². The van der Waals surface area contributed by atoms with Crippen molar-refractivity contribution in [2.75, 3.05) is 13.2 Å². The Morgan fingerprint density at radius 3 is 1.28 bits per heavy atom. The van der Waals surface area contributed by atoms with E-state index in [9.17, 15) is 9.59 Å². The van der Waals surface area contributed by atoms with Crippen molar-refractivity contribution in [3.63, 3.8) is 0 Å². The molecule has 0 fully saturated rings. The monoisotopic (exact) mass is 942 g/mol. The molecule has 4 nitrogen and oxygen atoms in total. The molecule has 0 N–H and O–H groups in total. The Kier molecular flexibility index (Phi) is 16.7. The first-order valence-corrected chi connectivity index (χ1v) is 21.4. The van der Waals surface area contributed by atoms with Gasteiger partial charge in [-0.3, -0.25) is 0 Å². The molecule has 0 spiro atoms. The van der Waals surface area contributed by atoms with Gasteiger partial charge in [-0.05, 0) is 152 Å². The van der Waals surface area contributed by atoms with Gasteiger partial charge in [0.15, 0.2) is 0 Å². The van der Waals surface area contributed by atoms with Crippen molar-refractivity contribution in [3.8, 4) is 23.7 Å². The van der Waals surface area contributed by atoms with E-state index < -0.39 is 0 Å². The largest absolute Gasteiger partial charge is 0.462 e. The van der Waals surface area contributed by atoms with E-state index in [1.807, 2.05) is 48.5 Å². The molecule has 0 aliphatic rings. The zero-order chi connectivity index (χ0) is 38.1. The van der Waals surface area contributed by atoms with E-state index >= 15 is 0 Å². The molecule has 0 radical (unpaired) electrons. The number of carbonyl (C=O) groups excluding carboxylic acids is 2. The van der Waals surface area contributed by atoms with Crippen LogP contribution in [0.2, 0.25) is 0 Å². The molecule has 0 saturated heterocycles. The number of rotatable bonds is 16. The summed E-state index contributed by atoms with van der Waals surface area (Å²) in [5.74, 6) is 12.5. The second kappa shape index (κ2) is 21.9. The fourth-order valence-electron chi connectivity index (χ4n) is 6.26. The van der Waals surface area contributed by atoms with Crippen molar-refractivity contribution in [1.82, 2.24) is 0 Å². The third-order valence-electron chi connectivity index (χ3n) is 9.23. The lowest BCUT2D eigenvalue weighted by Gasteiger charge is -2.06. The summed E-state index contributed by atoms with van der Waals surface area (Å²) >= 11 is 4.45. The Hall–Kier alpha value is -3.86. The van der Waals surface area contributed by atoms with Gasteiger partial charge < -0.3 is 9.47 Å². The molecule has 0 aromatic heterocycles. The van der Waals surface area contributed by atoms with E-state index in [2.05, 4.69) is 119 Å². The number of hydrogen-bond acceptors (Lipinski definition) is 4. The van der Waals surface area contributed by atoms with Crippen LogP contribution in [0.3, 0.4) is 0 Å². The first-order valence-electron chi connectivity index (χ1n) is 19.3. The molecule has 0 aliphatic carbocycles. The van der Waals surface area contributed by atoms with Crippen LogP contribution in [0.25, 0.3) is 21.5 Å². The summed E-state index contributed by atoms with van der Waals surface area (Å²) in [7, 11) is 0. The van der Waals surface area contributed by atoms with Crippen molar-refractivity contribution in [3.05, 3.63) is 125 Å². The van der Waals surface area contributed by atoms with Gasteiger partial charge in [0.2, 0.25) is 0 Å². The van der Waals surface area contributed by atoms with Gasteiger partial charge in [-0.25, -0.2) is 9.59 Å². The Bertz CT molecular complexity index is 2050. The molecule has 0 aliphatic heterocycles. The third-order valence-corrected chi connectivity index (χ3v) is 10.5. The number of hydrogen-bond donors (Lipinski definition) is 0. The molecule has 0 heterocycles. The standard InChI is InChI=1S/C48H48I2O4/c1-3-5-7-9-11-13-23-53-47(51)43-27-37(29-45(49)33-43)17-15-35-19-21-39-31-40-22-20-36(26-42(40)32-41(39)25-35)16-18-38-28-44(34-46(50)30-38)48(52)54-24-14-12-10-8-6-4-2/h19-22,25-34H,3-14,23-24H2,1-2H3. The number of carbonyl (C=O) groups is 2. The summed E-state index contributed by atoms with van der Waals surface area (Å²) in [5, 5.41) is 4.43. The summed E-state index contributed by atoms with van der Waals surface area (Å²) in [5.41, 5.74) is 4.41. The highest BCUT2D eigenvalue weighted by Crippen LogP contribution is 2.25. The first kappa shape index (κ1) is 41.3. The summed E-state index contributed by atoms with van der Waals surface area (Å²) in [6, 6.07) is 28.1. The van der Waals surface area contributed by atoms with Crippen LogP contribution >= 0.6 is 45.2 Å². The van der Waals surface area contributed by atoms with Crippen molar-refractivity contribution in [1.29, 1.82) is 0 Å². The Labute approximate surface area is 348 Å². The van der Waals surface area contributed by atoms with E-state index in [1.54, 1.807) is 0 Å². The van der Waals surface area contributed by atoms with E-state index in [0.29, 0.717) is 24.3 Å². The molecule has 54 heavy (non-hydrogen) atoms. The number of ether oxygens (including phenoxy) is 2. The van der Waals surface area contributed by atoms with Gasteiger partial charge in [0.05, 0.1) is 24.3 Å². The van der Waals surface area contributed by atoms with Gasteiger partial charge in [-0.2, -0.15) is 0 Å². The molecule has 278 valence electrons. The van der Waals surface area contributed by atoms with Crippen molar-refractivity contribution in [2.45, 2.75) is 90.9 Å². The predicted molar refractivity (Wildman–Crippen MR) is 239 cm³/mol. The third kappa shape index (κ3) is 13.2. The van der Waals surface area contributed by atoms with Crippen LogP contribution in [-0.2, 0) is 9.47 Å². The quantitative estimate of drug-likeness (QED) is 0.0325. The molecular formula is C48H48I2O4. The van der Waals surface area contributed by atoms with Crippen LogP contribution in [0.1, 0.15) is 134 Å². The normalized spacial score (nSPS) is 10.7. The van der Waals surface area contributed by atoms with E-state index in [0.717, 1.165) is 76.6 Å². The van der Waals surface area contributed by atoms with Crippen molar-refractivity contribution in [2.24, 2.45) is 0 Å². The number of esters is 2. The highest BCUT2D eigenvalue weighted by atomic mass is 127. The highest BCUT2D eigenvalue weighted by molar-refractivity contribution is 14.1. The average molecular weight is 943 g/mol. The van der Waals surface area contributed by atoms with Crippen LogP contribution in [0.5, 0.6) is 0 Å². The Balaban J connectivity index is 1.25. The lowest BCUT2D eigenvalue weighted by atomic mass is 10.00. The highest BCUT2D eigenvalue weighted by Gasteiger charge is 2.11. The van der Waals surface area contributed by atoms with Gasteiger partial charge in [0.25, 0.3) is 0 Å². The van der Waals surface area contributed by atoms with Crippen LogP contribution in [0, 0.1) is 30.8 Å². The number of halogens is 2. The maximum absolute atomic E-state index is 12.8. The number of fused-ring (bicyclic) bond motifs is 2. The maximum Gasteiger partial charge on any atom is 0.338 e. The van der Waals surface area contributed by atoms with Gasteiger partial charge >= 0.3 is 11.9 Å². The number of unbranched alkanes of at least 4 members (excludes halogenated alkanes) is 10. The van der Waals surface area contributed by atoms with Crippen LogP contribution in [-0.4, -0.2) is 25.2 Å². The molecule has 0 unspecified atom stereocenters. The predicted octanol–water partition coefficient (Wildman–Crippen LogP) is 13.0. The lowest BCUT2D eigenvalue weighted by Crippen LogP contribution is -2.07. The molecule has 0 bridgehead atoms. The molecular weight excluding hydrogens is 894 g/mol. The lowest BCUT2D eigenvalue weighted by molar-refractivity contribution is 0.0488. The fourth-order valence-corrected chi connectivity index (χ4v) is 7.60. The van der Waals surface area contributed by atoms with E-state index in [4.69, 9.17) is 9.47 Å². The molecule has 5 aromatic rings. The molecule has 5 aromatic carbocycles. The molecule has 6 heteroatoms. The maximum atomic E-state index is 12.8. The average Bonchev–Trinajstić information content (AvgIpc) is 3.17.